The molecule has 0 unspecified atom stereocenters. The van der Waals surface area contributed by atoms with E-state index in [-0.39, 0.29) is 5.96 Å². The van der Waals surface area contributed by atoms with Gasteiger partial charge in [0.2, 0.25) is 5.96 Å². The highest BCUT2D eigenvalue weighted by atomic mass is 35.5. The molecule has 0 aliphatic rings. The van der Waals surface area contributed by atoms with Gasteiger partial charge in [0.25, 0.3) is 0 Å². The largest absolute Gasteiger partial charge is 0.369 e. The molecule has 8 heteroatoms. The second-order valence-corrected chi connectivity index (χ2v) is 4.77. The van der Waals surface area contributed by atoms with Gasteiger partial charge in [-0.05, 0) is 12.1 Å². The summed E-state index contributed by atoms with van der Waals surface area (Å²) in [6.45, 7) is 0.429. The Morgan fingerprint density at radius 2 is 2.05 bits per heavy atom. The number of imidazole rings is 1. The Morgan fingerprint density at radius 1 is 1.25 bits per heavy atom. The first kappa shape index (κ1) is 14.4. The molecular weight excluding hydrogens is 299 g/mol. The fraction of sp³-hybridized carbons (Fsp3) is 0.0833. The van der Waals surface area contributed by atoms with Gasteiger partial charge in [-0.2, -0.15) is 0 Å². The molecule has 0 saturated heterocycles. The fourth-order valence-electron chi connectivity index (χ4n) is 1.57. The first-order chi connectivity index (χ1) is 9.56. The van der Waals surface area contributed by atoms with E-state index in [1.54, 1.807) is 36.9 Å². The summed E-state index contributed by atoms with van der Waals surface area (Å²) in [4.78, 5) is 3.97. The average Bonchev–Trinajstić information content (AvgIpc) is 2.87. The Bertz CT molecular complexity index is 644. The highest BCUT2D eigenvalue weighted by Crippen LogP contribution is 2.22. The Kier molecular flexibility index (Phi) is 4.60. The van der Waals surface area contributed by atoms with Crippen LogP contribution < -0.4 is 11.5 Å². The molecule has 2 rings (SSSR count). The van der Waals surface area contributed by atoms with Crippen LogP contribution in [0.1, 0.15) is 5.56 Å². The third-order valence-corrected chi connectivity index (χ3v) is 2.97. The number of rotatable bonds is 4. The fourth-order valence-corrected chi connectivity index (χ4v) is 2.08. The minimum absolute atomic E-state index is 0.127. The molecule has 4 N–H and O–H groups in total. The monoisotopic (exact) mass is 310 g/mol. The standard InChI is InChI=1S/C12H12Cl2N6/c13-8-1-2-9(10(14)5-8)11(18-19-12(15)16)6-20-4-3-17-7-20/h1-5,7H,6H2,(H4,15,16,19). The first-order valence-corrected chi connectivity index (χ1v) is 6.38. The Hall–Kier alpha value is -2.05. The van der Waals surface area contributed by atoms with Gasteiger partial charge in [0, 0.05) is 23.0 Å². The Balaban J connectivity index is 2.40. The van der Waals surface area contributed by atoms with Gasteiger partial charge in [0.05, 0.1) is 23.6 Å². The number of halogens is 2. The molecule has 0 amide bonds. The van der Waals surface area contributed by atoms with E-state index >= 15 is 0 Å². The number of nitrogens with zero attached hydrogens (tertiary/aromatic N) is 4. The molecule has 0 spiro atoms. The lowest BCUT2D eigenvalue weighted by molar-refractivity contribution is 0.846. The summed E-state index contributed by atoms with van der Waals surface area (Å²) in [5, 5.41) is 8.74. The molecule has 20 heavy (non-hydrogen) atoms. The van der Waals surface area contributed by atoms with Crippen LogP contribution in [-0.4, -0.2) is 21.2 Å². The van der Waals surface area contributed by atoms with E-state index in [9.17, 15) is 0 Å². The van der Waals surface area contributed by atoms with Crippen LogP contribution in [0.3, 0.4) is 0 Å². The van der Waals surface area contributed by atoms with Crippen molar-refractivity contribution in [2.24, 2.45) is 21.7 Å². The summed E-state index contributed by atoms with van der Waals surface area (Å²) in [7, 11) is 0. The predicted octanol–water partition coefficient (Wildman–Crippen LogP) is 1.87. The van der Waals surface area contributed by atoms with Gasteiger partial charge in [0.15, 0.2) is 0 Å². The van der Waals surface area contributed by atoms with Crippen LogP contribution in [0.5, 0.6) is 0 Å². The molecule has 0 radical (unpaired) electrons. The molecule has 1 aromatic heterocycles. The van der Waals surface area contributed by atoms with Crippen molar-refractivity contribution in [1.29, 1.82) is 0 Å². The molecule has 1 aromatic carbocycles. The van der Waals surface area contributed by atoms with Gasteiger partial charge in [0.1, 0.15) is 0 Å². The van der Waals surface area contributed by atoms with Crippen LogP contribution in [0.25, 0.3) is 0 Å². The number of benzene rings is 1. The van der Waals surface area contributed by atoms with Crippen molar-refractivity contribution in [2.75, 3.05) is 0 Å². The van der Waals surface area contributed by atoms with Crippen molar-refractivity contribution in [3.63, 3.8) is 0 Å². The van der Waals surface area contributed by atoms with Gasteiger partial charge >= 0.3 is 0 Å². The number of hydrogen-bond acceptors (Lipinski definition) is 3. The SMILES string of the molecule is NC(N)=NN=C(Cn1ccnc1)c1ccc(Cl)cc1Cl. The average molecular weight is 311 g/mol. The maximum absolute atomic E-state index is 6.18. The van der Waals surface area contributed by atoms with Crippen molar-refractivity contribution < 1.29 is 0 Å². The van der Waals surface area contributed by atoms with E-state index in [1.165, 1.54) is 0 Å². The molecule has 104 valence electrons. The van der Waals surface area contributed by atoms with E-state index < -0.39 is 0 Å². The van der Waals surface area contributed by atoms with Gasteiger partial charge in [-0.1, -0.05) is 29.3 Å². The summed E-state index contributed by atoms with van der Waals surface area (Å²) in [5.41, 5.74) is 11.9. The Labute approximate surface area is 125 Å². The molecule has 0 aliphatic carbocycles. The van der Waals surface area contributed by atoms with E-state index in [0.29, 0.717) is 27.9 Å². The van der Waals surface area contributed by atoms with Gasteiger partial charge < -0.3 is 16.0 Å². The molecule has 0 bridgehead atoms. The third kappa shape index (κ3) is 3.72. The molecule has 1 heterocycles. The zero-order valence-electron chi connectivity index (χ0n) is 10.4. The highest BCUT2D eigenvalue weighted by molar-refractivity contribution is 6.37. The number of nitrogens with two attached hydrogens (primary N) is 2. The molecule has 0 aliphatic heterocycles. The summed E-state index contributed by atoms with van der Waals surface area (Å²) >= 11 is 12.1. The van der Waals surface area contributed by atoms with E-state index in [2.05, 4.69) is 15.2 Å². The van der Waals surface area contributed by atoms with E-state index in [0.717, 1.165) is 0 Å². The van der Waals surface area contributed by atoms with Crippen LogP contribution in [0, 0.1) is 0 Å². The van der Waals surface area contributed by atoms with Crippen LogP contribution in [0.15, 0.2) is 47.1 Å². The summed E-state index contributed by atoms with van der Waals surface area (Å²) in [5.74, 6) is -0.127. The van der Waals surface area contributed by atoms with Crippen molar-refractivity contribution in [3.05, 3.63) is 52.5 Å². The van der Waals surface area contributed by atoms with Gasteiger partial charge in [-0.15, -0.1) is 10.2 Å². The zero-order chi connectivity index (χ0) is 14.5. The zero-order valence-corrected chi connectivity index (χ0v) is 11.9. The molecule has 0 saturated carbocycles. The number of guanidine groups is 1. The van der Waals surface area contributed by atoms with Crippen LogP contribution in [-0.2, 0) is 6.54 Å². The maximum Gasteiger partial charge on any atom is 0.211 e. The second-order valence-electron chi connectivity index (χ2n) is 3.93. The second kappa shape index (κ2) is 6.40. The van der Waals surface area contributed by atoms with Crippen molar-refractivity contribution >= 4 is 34.9 Å². The maximum atomic E-state index is 6.18. The topological polar surface area (TPSA) is 94.6 Å². The molecule has 6 nitrogen and oxygen atoms in total. The van der Waals surface area contributed by atoms with Crippen LogP contribution >= 0.6 is 23.2 Å². The molecule has 2 aromatic rings. The minimum Gasteiger partial charge on any atom is -0.369 e. The smallest absolute Gasteiger partial charge is 0.211 e. The van der Waals surface area contributed by atoms with E-state index in [1.807, 2.05) is 4.57 Å². The summed E-state index contributed by atoms with van der Waals surface area (Å²) in [6, 6.07) is 5.13. The van der Waals surface area contributed by atoms with Gasteiger partial charge in [-0.3, -0.25) is 0 Å². The molecule has 0 fully saturated rings. The third-order valence-electron chi connectivity index (χ3n) is 2.42. The quantitative estimate of drug-likeness (QED) is 0.512. The normalized spacial score (nSPS) is 11.4. The summed E-state index contributed by atoms with van der Waals surface area (Å²) in [6.07, 6.45) is 5.13. The molecule has 0 atom stereocenters. The number of aromatic nitrogens is 2. The predicted molar refractivity (Wildman–Crippen MR) is 81.0 cm³/mol. The van der Waals surface area contributed by atoms with Crippen molar-refractivity contribution in [3.8, 4) is 0 Å². The van der Waals surface area contributed by atoms with Crippen LogP contribution in [0.2, 0.25) is 10.0 Å². The molecular formula is C12H12Cl2N6. The lowest BCUT2D eigenvalue weighted by atomic mass is 10.1. The van der Waals surface area contributed by atoms with E-state index in [4.69, 9.17) is 34.7 Å². The lowest BCUT2D eigenvalue weighted by Crippen LogP contribution is -2.22. The Morgan fingerprint density at radius 3 is 2.65 bits per heavy atom. The lowest BCUT2D eigenvalue weighted by Gasteiger charge is -2.08. The van der Waals surface area contributed by atoms with Gasteiger partial charge in [-0.25, -0.2) is 4.98 Å². The highest BCUT2D eigenvalue weighted by Gasteiger charge is 2.10. The van der Waals surface area contributed by atoms with Crippen LogP contribution in [0.4, 0.5) is 0 Å². The van der Waals surface area contributed by atoms with Crippen molar-refractivity contribution in [1.82, 2.24) is 9.55 Å². The number of hydrogen-bond donors (Lipinski definition) is 2. The van der Waals surface area contributed by atoms with Crippen molar-refractivity contribution in [2.45, 2.75) is 6.54 Å². The summed E-state index contributed by atoms with van der Waals surface area (Å²) < 4.78 is 1.83. The minimum atomic E-state index is -0.127. The first-order valence-electron chi connectivity index (χ1n) is 5.63.